The van der Waals surface area contributed by atoms with Crippen LogP contribution in [0.4, 0.5) is 5.82 Å². The molecule has 0 saturated carbocycles. The van der Waals surface area contributed by atoms with Crippen molar-refractivity contribution < 1.29 is 14.6 Å². The van der Waals surface area contributed by atoms with Crippen LogP contribution in [-0.2, 0) is 16.6 Å². The Balaban J connectivity index is 1.91. The Bertz CT molecular complexity index is 499. The molecule has 2 atom stereocenters. The van der Waals surface area contributed by atoms with Crippen molar-refractivity contribution in [3.05, 3.63) is 22.7 Å². The maximum Gasteiger partial charge on any atom is 0.332 e. The van der Waals surface area contributed by atoms with Crippen LogP contribution in [-0.4, -0.2) is 39.4 Å². The van der Waals surface area contributed by atoms with Gasteiger partial charge in [0.05, 0.1) is 6.10 Å². The molecule has 0 amide bonds. The summed E-state index contributed by atoms with van der Waals surface area (Å²) in [6, 6.07) is 0. The first-order chi connectivity index (χ1) is 8.58. The quantitative estimate of drug-likeness (QED) is 0.773. The van der Waals surface area contributed by atoms with E-state index in [0.29, 0.717) is 19.4 Å². The number of anilines is 1. The summed E-state index contributed by atoms with van der Waals surface area (Å²) >= 11 is 0. The molecule has 2 N–H and O–H groups in total. The normalized spacial score (nSPS) is 22.9. The van der Waals surface area contributed by atoms with Gasteiger partial charge in [-0.25, -0.2) is 9.78 Å². The van der Waals surface area contributed by atoms with Crippen LogP contribution in [0.2, 0.25) is 0 Å². The number of rotatable bonds is 4. The second-order valence-corrected chi connectivity index (χ2v) is 4.24. The lowest BCUT2D eigenvalue weighted by Crippen LogP contribution is -2.28. The smallest absolute Gasteiger partial charge is 0.332 e. The molecule has 98 valence electrons. The molecule has 1 fully saturated rings. The van der Waals surface area contributed by atoms with Crippen LogP contribution < -0.4 is 10.9 Å². The number of nitrogens with zero attached hydrogens (tertiary/aromatic N) is 2. The maximum atomic E-state index is 11.6. The lowest BCUT2D eigenvalue weighted by molar-refractivity contribution is -0.149. The average Bonchev–Trinajstić information content (AvgIpc) is 2.80. The minimum absolute atomic E-state index is 0.196. The van der Waals surface area contributed by atoms with Crippen LogP contribution >= 0.6 is 0 Å². The molecule has 1 aromatic heterocycles. The lowest BCUT2D eigenvalue weighted by atomic mass is 10.2. The van der Waals surface area contributed by atoms with E-state index in [2.05, 4.69) is 10.3 Å². The monoisotopic (exact) mass is 253 g/mol. The fourth-order valence-electron chi connectivity index (χ4n) is 1.87. The van der Waals surface area contributed by atoms with Gasteiger partial charge in [-0.3, -0.25) is 4.79 Å². The van der Waals surface area contributed by atoms with Gasteiger partial charge >= 0.3 is 5.97 Å². The molecule has 2 rings (SSSR count). The SMILES string of the molecule is Cn1ccnc(NCC2CCC(C(=O)O)O2)c1=O. The molecular formula is C11H15N3O4. The highest BCUT2D eigenvalue weighted by molar-refractivity contribution is 5.72. The predicted octanol–water partition coefficient (Wildman–Crippen LogP) is -0.176. The second-order valence-electron chi connectivity index (χ2n) is 4.24. The van der Waals surface area contributed by atoms with Crippen LogP contribution in [0, 0.1) is 0 Å². The number of aliphatic carboxylic acids is 1. The van der Waals surface area contributed by atoms with Gasteiger partial charge in [0.1, 0.15) is 0 Å². The first-order valence-electron chi connectivity index (χ1n) is 5.71. The summed E-state index contributed by atoms with van der Waals surface area (Å²) in [5.74, 6) is -0.686. The van der Waals surface area contributed by atoms with E-state index in [0.717, 1.165) is 0 Å². The molecule has 0 bridgehead atoms. The van der Waals surface area contributed by atoms with E-state index in [-0.39, 0.29) is 17.5 Å². The van der Waals surface area contributed by atoms with E-state index in [1.54, 1.807) is 13.2 Å². The third-order valence-corrected chi connectivity index (χ3v) is 2.90. The summed E-state index contributed by atoms with van der Waals surface area (Å²) in [7, 11) is 1.64. The van der Waals surface area contributed by atoms with Gasteiger partial charge in [0.25, 0.3) is 5.56 Å². The molecule has 1 aliphatic heterocycles. The number of hydrogen-bond donors (Lipinski definition) is 2. The summed E-state index contributed by atoms with van der Waals surface area (Å²) < 4.78 is 6.74. The van der Waals surface area contributed by atoms with E-state index in [1.807, 2.05) is 0 Å². The predicted molar refractivity (Wildman–Crippen MR) is 63.5 cm³/mol. The van der Waals surface area contributed by atoms with E-state index in [9.17, 15) is 9.59 Å². The van der Waals surface area contributed by atoms with Crippen LogP contribution in [0.5, 0.6) is 0 Å². The van der Waals surface area contributed by atoms with Gasteiger partial charge in [0.15, 0.2) is 11.9 Å². The van der Waals surface area contributed by atoms with Crippen molar-refractivity contribution in [1.82, 2.24) is 9.55 Å². The molecule has 1 saturated heterocycles. The summed E-state index contributed by atoms with van der Waals surface area (Å²) in [6.45, 7) is 0.385. The average molecular weight is 253 g/mol. The van der Waals surface area contributed by atoms with Crippen molar-refractivity contribution in [1.29, 1.82) is 0 Å². The third kappa shape index (κ3) is 2.67. The van der Waals surface area contributed by atoms with Crippen molar-refractivity contribution in [2.24, 2.45) is 7.05 Å². The number of nitrogens with one attached hydrogen (secondary N) is 1. The molecular weight excluding hydrogens is 238 g/mol. The number of carbonyl (C=O) groups is 1. The number of carboxylic acids is 1. The van der Waals surface area contributed by atoms with Gasteiger partial charge < -0.3 is 19.7 Å². The Hall–Kier alpha value is -1.89. The van der Waals surface area contributed by atoms with Crippen LogP contribution in [0.25, 0.3) is 0 Å². The zero-order chi connectivity index (χ0) is 13.1. The number of aryl methyl sites for hydroxylation is 1. The van der Waals surface area contributed by atoms with Crippen molar-refractivity contribution in [3.63, 3.8) is 0 Å². The molecule has 0 spiro atoms. The Morgan fingerprint density at radius 1 is 1.67 bits per heavy atom. The van der Waals surface area contributed by atoms with Crippen molar-refractivity contribution in [3.8, 4) is 0 Å². The molecule has 0 aliphatic carbocycles. The Morgan fingerprint density at radius 2 is 2.44 bits per heavy atom. The van der Waals surface area contributed by atoms with E-state index in [4.69, 9.17) is 9.84 Å². The standard InChI is InChI=1S/C11H15N3O4/c1-14-5-4-12-9(10(14)15)13-6-7-2-3-8(18-7)11(16)17/h4-5,7-8H,2-3,6H2,1H3,(H,12,13)(H,16,17). The van der Waals surface area contributed by atoms with Crippen molar-refractivity contribution in [2.75, 3.05) is 11.9 Å². The molecule has 7 nitrogen and oxygen atoms in total. The number of carboxylic acid groups (broad SMARTS) is 1. The van der Waals surface area contributed by atoms with Crippen molar-refractivity contribution in [2.45, 2.75) is 25.0 Å². The molecule has 1 aromatic rings. The number of hydrogen-bond acceptors (Lipinski definition) is 5. The molecule has 2 unspecified atom stereocenters. The fourth-order valence-corrected chi connectivity index (χ4v) is 1.87. The topological polar surface area (TPSA) is 93.5 Å². The highest BCUT2D eigenvalue weighted by Gasteiger charge is 2.30. The number of aromatic nitrogens is 2. The maximum absolute atomic E-state index is 11.6. The first-order valence-corrected chi connectivity index (χ1v) is 5.71. The van der Waals surface area contributed by atoms with Crippen LogP contribution in [0.3, 0.4) is 0 Å². The summed E-state index contributed by atoms with van der Waals surface area (Å²) in [5.41, 5.74) is -0.217. The highest BCUT2D eigenvalue weighted by Crippen LogP contribution is 2.19. The van der Waals surface area contributed by atoms with Gasteiger partial charge in [-0.05, 0) is 12.8 Å². The van der Waals surface area contributed by atoms with Gasteiger partial charge in [0.2, 0.25) is 0 Å². The van der Waals surface area contributed by atoms with E-state index >= 15 is 0 Å². The largest absolute Gasteiger partial charge is 0.479 e. The number of ether oxygens (including phenoxy) is 1. The summed E-state index contributed by atoms with van der Waals surface area (Å²) in [6.07, 6.45) is 3.33. The second kappa shape index (κ2) is 5.18. The fraction of sp³-hybridized carbons (Fsp3) is 0.545. The molecule has 1 aliphatic rings. The summed E-state index contributed by atoms with van der Waals surface area (Å²) in [4.78, 5) is 26.3. The molecule has 2 heterocycles. The molecule has 0 radical (unpaired) electrons. The lowest BCUT2D eigenvalue weighted by Gasteiger charge is -2.12. The molecule has 7 heteroatoms. The third-order valence-electron chi connectivity index (χ3n) is 2.90. The zero-order valence-corrected chi connectivity index (χ0v) is 10.00. The highest BCUT2D eigenvalue weighted by atomic mass is 16.5. The van der Waals surface area contributed by atoms with Gasteiger partial charge in [-0.2, -0.15) is 0 Å². The molecule has 18 heavy (non-hydrogen) atoms. The Labute approximate surface area is 103 Å². The minimum Gasteiger partial charge on any atom is -0.479 e. The van der Waals surface area contributed by atoms with Crippen molar-refractivity contribution >= 4 is 11.8 Å². The first kappa shape index (κ1) is 12.6. The van der Waals surface area contributed by atoms with Gasteiger partial charge in [-0.15, -0.1) is 0 Å². The Morgan fingerprint density at radius 3 is 3.11 bits per heavy atom. The van der Waals surface area contributed by atoms with Crippen LogP contribution in [0.1, 0.15) is 12.8 Å². The Kier molecular flexibility index (Phi) is 3.61. The summed E-state index contributed by atoms with van der Waals surface area (Å²) in [5, 5.41) is 11.7. The van der Waals surface area contributed by atoms with E-state index in [1.165, 1.54) is 10.8 Å². The van der Waals surface area contributed by atoms with Gasteiger partial charge in [-0.1, -0.05) is 0 Å². The van der Waals surface area contributed by atoms with Gasteiger partial charge in [0, 0.05) is 26.0 Å². The molecule has 0 aromatic carbocycles. The van der Waals surface area contributed by atoms with Crippen LogP contribution in [0.15, 0.2) is 17.2 Å². The zero-order valence-electron chi connectivity index (χ0n) is 10.00. The minimum atomic E-state index is -0.939. The van der Waals surface area contributed by atoms with E-state index < -0.39 is 12.1 Å².